The van der Waals surface area contributed by atoms with Crippen molar-refractivity contribution < 1.29 is 5.11 Å². The molecule has 3 rings (SSSR count). The molecule has 24 heavy (non-hydrogen) atoms. The Bertz CT molecular complexity index is 503. The third-order valence-electron chi connectivity index (χ3n) is 5.19. The molecule has 0 radical (unpaired) electrons. The molecule has 3 N–H and O–H groups in total. The average molecular weight is 443 g/mol. The predicted octanol–water partition coefficient (Wildman–Crippen LogP) is 2.98. The van der Waals surface area contributed by atoms with E-state index in [1.807, 2.05) is 25.2 Å². The zero-order chi connectivity index (χ0) is 16.1. The van der Waals surface area contributed by atoms with E-state index >= 15 is 0 Å². The molecule has 0 heterocycles. The van der Waals surface area contributed by atoms with Gasteiger partial charge in [-0.15, -0.1) is 24.0 Å². The summed E-state index contributed by atoms with van der Waals surface area (Å²) >= 11 is 0. The molecule has 134 valence electrons. The number of rotatable bonds is 8. The number of aliphatic hydroxyl groups is 1. The van der Waals surface area contributed by atoms with Gasteiger partial charge in [0, 0.05) is 26.1 Å². The number of benzene rings is 1. The van der Waals surface area contributed by atoms with E-state index in [0.29, 0.717) is 6.54 Å². The summed E-state index contributed by atoms with van der Waals surface area (Å²) in [6.07, 6.45) is 5.65. The zero-order valence-corrected chi connectivity index (χ0v) is 16.8. The van der Waals surface area contributed by atoms with Crippen LogP contribution in [-0.2, 0) is 0 Å². The Labute approximate surface area is 162 Å². The third kappa shape index (κ3) is 5.62. The van der Waals surface area contributed by atoms with Crippen LogP contribution in [0.1, 0.15) is 37.2 Å². The number of aliphatic imine (C=N–C) groups is 1. The van der Waals surface area contributed by atoms with Crippen LogP contribution in [0.25, 0.3) is 0 Å². The maximum atomic E-state index is 9.64. The molecule has 1 aromatic carbocycles. The number of hydrogen-bond donors (Lipinski definition) is 3. The number of nitrogens with one attached hydrogen (secondary N) is 2. The molecule has 2 saturated carbocycles. The monoisotopic (exact) mass is 443 g/mol. The Morgan fingerprint density at radius 1 is 1.08 bits per heavy atom. The minimum Gasteiger partial charge on any atom is -0.396 e. The van der Waals surface area contributed by atoms with Crippen LogP contribution < -0.4 is 10.6 Å². The highest BCUT2D eigenvalue weighted by atomic mass is 127. The Balaban J connectivity index is 0.00000208. The molecular formula is C19H30IN3O. The van der Waals surface area contributed by atoms with Crippen LogP contribution in [0, 0.1) is 17.8 Å². The van der Waals surface area contributed by atoms with Crippen molar-refractivity contribution in [1.82, 2.24) is 10.6 Å². The lowest BCUT2D eigenvalue weighted by Crippen LogP contribution is -2.42. The lowest BCUT2D eigenvalue weighted by molar-refractivity contribution is 0.265. The molecule has 1 atom stereocenters. The predicted molar refractivity (Wildman–Crippen MR) is 110 cm³/mol. The molecule has 0 amide bonds. The second-order valence-corrected chi connectivity index (χ2v) is 6.96. The van der Waals surface area contributed by atoms with Crippen molar-refractivity contribution in [3.05, 3.63) is 35.9 Å². The Kier molecular flexibility index (Phi) is 7.81. The SMILES string of the molecule is CN=C(NCC(CO)c1ccccc1)NCC(C1CC1)C1CC1.I. The topological polar surface area (TPSA) is 56.7 Å². The minimum absolute atomic E-state index is 0. The highest BCUT2D eigenvalue weighted by molar-refractivity contribution is 14.0. The molecule has 2 aliphatic carbocycles. The van der Waals surface area contributed by atoms with Crippen molar-refractivity contribution >= 4 is 29.9 Å². The van der Waals surface area contributed by atoms with E-state index in [-0.39, 0.29) is 36.5 Å². The smallest absolute Gasteiger partial charge is 0.191 e. The Morgan fingerprint density at radius 3 is 2.17 bits per heavy atom. The number of hydrogen-bond acceptors (Lipinski definition) is 2. The van der Waals surface area contributed by atoms with Crippen LogP contribution in [0.2, 0.25) is 0 Å². The lowest BCUT2D eigenvalue weighted by atomic mass is 9.98. The normalized spacial score (nSPS) is 18.9. The summed E-state index contributed by atoms with van der Waals surface area (Å²) in [7, 11) is 1.81. The van der Waals surface area contributed by atoms with Gasteiger partial charge in [-0.05, 0) is 49.0 Å². The van der Waals surface area contributed by atoms with Gasteiger partial charge in [0.15, 0.2) is 5.96 Å². The second kappa shape index (κ2) is 9.61. The van der Waals surface area contributed by atoms with Crippen LogP contribution >= 0.6 is 24.0 Å². The summed E-state index contributed by atoms with van der Waals surface area (Å²) in [6.45, 7) is 1.86. The summed E-state index contributed by atoms with van der Waals surface area (Å²) in [5, 5.41) is 16.5. The first-order valence-electron chi connectivity index (χ1n) is 8.92. The summed E-state index contributed by atoms with van der Waals surface area (Å²) in [4.78, 5) is 4.33. The standard InChI is InChI=1S/C19H29N3O.HI/c1-20-19(22-12-18(15-7-8-15)16-9-10-16)21-11-17(13-23)14-5-3-2-4-6-14;/h2-6,15-18,23H,7-13H2,1H3,(H2,20,21,22);1H. The average Bonchev–Trinajstić information content (AvgIpc) is 3.48. The summed E-state index contributed by atoms with van der Waals surface area (Å²) in [5.41, 5.74) is 1.16. The molecule has 2 fully saturated rings. The molecule has 0 saturated heterocycles. The number of nitrogens with zero attached hydrogens (tertiary/aromatic N) is 1. The van der Waals surface area contributed by atoms with Gasteiger partial charge in [0.2, 0.25) is 0 Å². The van der Waals surface area contributed by atoms with Crippen LogP contribution in [0.5, 0.6) is 0 Å². The molecule has 1 aromatic rings. The van der Waals surface area contributed by atoms with Gasteiger partial charge < -0.3 is 15.7 Å². The van der Waals surface area contributed by atoms with E-state index in [0.717, 1.165) is 35.8 Å². The number of halogens is 1. The maximum absolute atomic E-state index is 9.64. The van der Waals surface area contributed by atoms with Crippen molar-refractivity contribution in [3.8, 4) is 0 Å². The minimum atomic E-state index is 0. The molecule has 0 bridgehead atoms. The molecule has 0 aliphatic heterocycles. The first-order chi connectivity index (χ1) is 11.3. The first-order valence-corrected chi connectivity index (χ1v) is 8.92. The van der Waals surface area contributed by atoms with E-state index in [4.69, 9.17) is 0 Å². The van der Waals surface area contributed by atoms with E-state index < -0.39 is 0 Å². The molecule has 1 unspecified atom stereocenters. The van der Waals surface area contributed by atoms with E-state index in [1.165, 1.54) is 25.7 Å². The van der Waals surface area contributed by atoms with Gasteiger partial charge in [0.25, 0.3) is 0 Å². The summed E-state index contributed by atoms with van der Waals surface area (Å²) in [6, 6.07) is 10.2. The summed E-state index contributed by atoms with van der Waals surface area (Å²) < 4.78 is 0. The number of guanidine groups is 1. The fraction of sp³-hybridized carbons (Fsp3) is 0.632. The van der Waals surface area contributed by atoms with E-state index in [2.05, 4.69) is 27.8 Å². The van der Waals surface area contributed by atoms with Crippen molar-refractivity contribution in [2.24, 2.45) is 22.7 Å². The van der Waals surface area contributed by atoms with Crippen molar-refractivity contribution in [3.63, 3.8) is 0 Å². The van der Waals surface area contributed by atoms with Gasteiger partial charge in [-0.1, -0.05) is 30.3 Å². The van der Waals surface area contributed by atoms with Gasteiger partial charge in [-0.3, -0.25) is 4.99 Å². The van der Waals surface area contributed by atoms with Gasteiger partial charge in [-0.25, -0.2) is 0 Å². The van der Waals surface area contributed by atoms with Crippen molar-refractivity contribution in [2.45, 2.75) is 31.6 Å². The molecule has 0 aromatic heterocycles. The maximum Gasteiger partial charge on any atom is 0.191 e. The van der Waals surface area contributed by atoms with Gasteiger partial charge in [0.05, 0.1) is 6.61 Å². The van der Waals surface area contributed by atoms with Crippen molar-refractivity contribution in [1.29, 1.82) is 0 Å². The van der Waals surface area contributed by atoms with Gasteiger partial charge >= 0.3 is 0 Å². The molecular weight excluding hydrogens is 413 g/mol. The molecule has 5 heteroatoms. The first kappa shape index (κ1) is 19.5. The second-order valence-electron chi connectivity index (χ2n) is 6.96. The lowest BCUT2D eigenvalue weighted by Gasteiger charge is -2.21. The highest BCUT2D eigenvalue weighted by Crippen LogP contribution is 2.48. The largest absolute Gasteiger partial charge is 0.396 e. The fourth-order valence-corrected chi connectivity index (χ4v) is 3.44. The van der Waals surface area contributed by atoms with Crippen molar-refractivity contribution in [2.75, 3.05) is 26.7 Å². The third-order valence-corrected chi connectivity index (χ3v) is 5.19. The molecule has 4 nitrogen and oxygen atoms in total. The van der Waals surface area contributed by atoms with E-state index in [1.54, 1.807) is 0 Å². The molecule has 2 aliphatic rings. The Morgan fingerprint density at radius 2 is 1.67 bits per heavy atom. The van der Waals surface area contributed by atoms with E-state index in [9.17, 15) is 5.11 Å². The summed E-state index contributed by atoms with van der Waals surface area (Å²) in [5.74, 6) is 3.67. The van der Waals surface area contributed by atoms with Gasteiger partial charge in [-0.2, -0.15) is 0 Å². The molecule has 0 spiro atoms. The quantitative estimate of drug-likeness (QED) is 0.329. The fourth-order valence-electron chi connectivity index (χ4n) is 3.44. The van der Waals surface area contributed by atoms with Crippen LogP contribution in [0.3, 0.4) is 0 Å². The Hall–Kier alpha value is -0.820. The van der Waals surface area contributed by atoms with Crippen LogP contribution in [0.4, 0.5) is 0 Å². The van der Waals surface area contributed by atoms with Gasteiger partial charge in [0.1, 0.15) is 0 Å². The highest BCUT2D eigenvalue weighted by Gasteiger charge is 2.41. The zero-order valence-electron chi connectivity index (χ0n) is 14.4. The van der Waals surface area contributed by atoms with Crippen LogP contribution in [0.15, 0.2) is 35.3 Å². The number of aliphatic hydroxyl groups excluding tert-OH is 1. The van der Waals surface area contributed by atoms with Crippen LogP contribution in [-0.4, -0.2) is 37.8 Å².